The van der Waals surface area contributed by atoms with Gasteiger partial charge in [-0.25, -0.2) is 28.8 Å². The van der Waals surface area contributed by atoms with Gasteiger partial charge in [-0.05, 0) is 328 Å². The van der Waals surface area contributed by atoms with Gasteiger partial charge in [0.25, 0.3) is 16.0 Å². The number of hydrogen-bond acceptors (Lipinski definition) is 26. The summed E-state index contributed by atoms with van der Waals surface area (Å²) in [5.74, 6) is 16.5. The molecule has 0 aliphatic rings. The second-order valence-corrected chi connectivity index (χ2v) is 31.2. The zero-order chi connectivity index (χ0) is 99.2. The summed E-state index contributed by atoms with van der Waals surface area (Å²) in [6.07, 6.45) is 22.1. The van der Waals surface area contributed by atoms with Crippen LogP contribution in [0.4, 0.5) is 17.1 Å². The first-order chi connectivity index (χ1) is 65.2. The van der Waals surface area contributed by atoms with E-state index < -0.39 is 34.0 Å². The minimum Gasteiger partial charge on any atom is -1.00 e. The van der Waals surface area contributed by atoms with Gasteiger partial charge in [-0.15, -0.1) is 6.42 Å². The van der Waals surface area contributed by atoms with E-state index in [2.05, 4.69) is 128 Å². The van der Waals surface area contributed by atoms with E-state index in [-0.39, 0.29) is 113 Å². The van der Waals surface area contributed by atoms with Gasteiger partial charge in [0.2, 0.25) is 0 Å². The van der Waals surface area contributed by atoms with Crippen LogP contribution in [0.15, 0.2) is 300 Å². The smallest absolute Gasteiger partial charge is 1.00 e. The monoisotopic (exact) mass is 2220 g/mol. The fourth-order valence-corrected chi connectivity index (χ4v) is 10.6. The Hall–Kier alpha value is -12.3. The summed E-state index contributed by atoms with van der Waals surface area (Å²) in [7, 11) is -3.36. The molecule has 0 unspecified atom stereocenters. The average Bonchev–Trinajstić information content (AvgIpc) is 0.859. The second-order valence-electron chi connectivity index (χ2n) is 27.1. The van der Waals surface area contributed by atoms with Gasteiger partial charge < -0.3 is 91.0 Å². The molecule has 9 aromatic rings. The number of esters is 6. The molecule has 0 saturated heterocycles. The Bertz CT molecular complexity index is 5340. The quantitative estimate of drug-likeness (QED) is 0.00317. The first kappa shape index (κ1) is 128. The number of nitrogens with two attached hydrogens (primary N) is 2. The predicted octanol–water partition coefficient (Wildman–Crippen LogP) is 13.2. The average molecular weight is 2220 g/mol. The van der Waals surface area contributed by atoms with E-state index in [4.69, 9.17) is 80.0 Å². The van der Waals surface area contributed by atoms with Crippen molar-refractivity contribution in [1.82, 2.24) is 0 Å². The molecule has 0 spiro atoms. The Morgan fingerprint density at radius 3 is 0.862 bits per heavy atom. The van der Waals surface area contributed by atoms with E-state index in [1.54, 1.807) is 60.7 Å². The van der Waals surface area contributed by atoms with Crippen LogP contribution >= 0.6 is 45.2 Å². The number of amides is 1. The molecule has 728 valence electrons. The molecule has 9 rings (SSSR count). The van der Waals surface area contributed by atoms with Crippen LogP contribution in [0.3, 0.4) is 0 Å². The maximum Gasteiger partial charge on any atom is 1.00 e. The molecule has 0 aliphatic heterocycles. The molecule has 32 heteroatoms. The molecule has 0 bridgehead atoms. The van der Waals surface area contributed by atoms with Crippen molar-refractivity contribution in [3.05, 3.63) is 341 Å². The number of phenols is 1. The standard InChI is InChI=1S/C35H35NO7.C21H21NO3.C13H15IO3.C13H16O3.C8H7N.C8H14O5S.C6H5IO.CO2.CH4.BrH.K/c1-3-33(37)42-25-7-5-23-40-31-19-13-28(14-20-31)10-9-27-11-17-30(18-12-27)36-35(39)29-15-21-32(22-16-29)41-24-6-8-26-43-34(38)4-2;1-2-21(23)25-16-4-3-15-24-20-13-9-18(10-14-20)6-5-17-7-11-19(22)12-8-17;1-2-13(15)17-10-4-3-9-16-12-7-5-11(14)6-8-12;1-2-13(14)16-11-7-6-10-15-12-8-4-3-5-9-12;1-2-7-3-5-8(9)6-4-7;1-3-8(9)12-6-4-5-7-13-14(2,10)11;7-5-1-3-6(8)4-2-5;2-1-3;;;/h3-4,11-22H,1-2,5-8,23-26H2,(H,36,39);2,7-14H,1,3-4,15-16,22H2;2,5-8H,1,3-4,9-10H2;2-5,8-9H,1,6-7,10-11H2;1,3-6H,9H2;3H,1,4-7H2,2H3;1-4,8H;;1H4;1H;/q;;;;;;;;;;+1/p-1. The molecule has 0 heterocycles. The largest absolute Gasteiger partial charge is 1.00 e. The van der Waals surface area contributed by atoms with Crippen molar-refractivity contribution < 1.29 is 181 Å². The number of phenolic OH excluding ortho intramolecular Hbond substituents is 1. The van der Waals surface area contributed by atoms with Gasteiger partial charge in [-0.3, -0.25) is 8.98 Å². The fraction of sp³-hybridized carbons (Fsp3) is 0.245. The number of hydrogen-bond donors (Lipinski definition) is 4. The van der Waals surface area contributed by atoms with Crippen molar-refractivity contribution in [1.29, 1.82) is 0 Å². The maximum atomic E-state index is 12.6. The number of terminal acetylenes is 1. The number of benzene rings is 9. The summed E-state index contributed by atoms with van der Waals surface area (Å²) in [6, 6.07) is 68.6. The molecular weight excluding hydrogens is 2100 g/mol. The van der Waals surface area contributed by atoms with Crippen molar-refractivity contribution in [2.75, 3.05) is 102 Å². The van der Waals surface area contributed by atoms with Crippen LogP contribution in [-0.2, 0) is 81.1 Å². The van der Waals surface area contributed by atoms with E-state index in [1.807, 2.05) is 164 Å². The summed E-state index contributed by atoms with van der Waals surface area (Å²) >= 11 is 4.44. The first-order valence-corrected chi connectivity index (χ1v) is 46.1. The van der Waals surface area contributed by atoms with Crippen LogP contribution in [-0.4, -0.2) is 147 Å². The molecule has 0 saturated carbocycles. The van der Waals surface area contributed by atoms with Crippen molar-refractivity contribution in [2.45, 2.75) is 84.5 Å². The fourth-order valence-electron chi connectivity index (χ4n) is 9.51. The van der Waals surface area contributed by atoms with Crippen LogP contribution in [0.25, 0.3) is 0 Å². The number of anilines is 3. The van der Waals surface area contributed by atoms with Gasteiger partial charge in [-0.1, -0.05) is 94.7 Å². The van der Waals surface area contributed by atoms with Gasteiger partial charge in [0.05, 0.1) is 85.5 Å². The molecule has 9 aromatic carbocycles. The number of unbranched alkanes of at least 4 members (excludes halogenated alkanes) is 6. The molecule has 0 fully saturated rings. The number of rotatable bonds is 44. The summed E-state index contributed by atoms with van der Waals surface area (Å²) < 4.78 is 84.9. The molecule has 0 radical (unpaired) electrons. The Labute approximate surface area is 890 Å². The van der Waals surface area contributed by atoms with Crippen LogP contribution in [0.2, 0.25) is 0 Å². The normalized spacial score (nSPS) is 9.38. The summed E-state index contributed by atoms with van der Waals surface area (Å²) in [6.45, 7) is 25.0. The van der Waals surface area contributed by atoms with Gasteiger partial charge in [0, 0.05) is 94.0 Å². The Morgan fingerprint density at radius 1 is 0.362 bits per heavy atom. The third-order valence-corrected chi connectivity index (χ3v) is 18.4. The third-order valence-electron chi connectivity index (χ3n) is 16.4. The molecule has 0 aromatic heterocycles. The number of ether oxygens (including phenoxy) is 11. The maximum absolute atomic E-state index is 12.6. The third kappa shape index (κ3) is 70.3. The zero-order valence-corrected chi connectivity index (χ0v) is 86.5. The molecule has 138 heavy (non-hydrogen) atoms. The number of aromatic hydroxyl groups is 1. The van der Waals surface area contributed by atoms with Gasteiger partial charge in [-0.2, -0.15) is 18.0 Å². The Morgan fingerprint density at radius 2 is 0.594 bits per heavy atom. The van der Waals surface area contributed by atoms with E-state index in [0.717, 1.165) is 154 Å². The minimum atomic E-state index is -3.36. The summed E-state index contributed by atoms with van der Waals surface area (Å²) in [4.78, 5) is 93.7. The topological polar surface area (TPSA) is 383 Å². The zero-order valence-electron chi connectivity index (χ0n) is 76.7. The van der Waals surface area contributed by atoms with Crippen LogP contribution in [0, 0.1) is 43.2 Å². The number of halogens is 3. The first-order valence-electron chi connectivity index (χ1n) is 42.1. The van der Waals surface area contributed by atoms with Gasteiger partial charge >= 0.3 is 93.4 Å². The van der Waals surface area contributed by atoms with Crippen molar-refractivity contribution in [2.24, 2.45) is 0 Å². The van der Waals surface area contributed by atoms with Crippen molar-refractivity contribution >= 4 is 120 Å². The second kappa shape index (κ2) is 82.9. The number of carbonyl (C=O) groups excluding carboxylic acids is 9. The van der Waals surface area contributed by atoms with Crippen molar-refractivity contribution in [3.63, 3.8) is 0 Å². The Balaban J connectivity index is 0. The van der Waals surface area contributed by atoms with E-state index in [0.29, 0.717) is 108 Å². The summed E-state index contributed by atoms with van der Waals surface area (Å²) in [5.41, 5.74) is 18.1. The molecule has 6 N–H and O–H groups in total. The molecule has 0 aliphatic carbocycles. The molecule has 0 atom stereocenters. The Kier molecular flexibility index (Phi) is 76.7. The number of nitrogens with one attached hydrogen (secondary N) is 1. The summed E-state index contributed by atoms with van der Waals surface area (Å²) in [5, 5.41) is 11.6. The SMILES string of the molecule is C.C#Cc1ccc(N)cc1.C=CC(=O)OCCCCOS(C)(=O)=O.C=CC(=O)OCCCCOc1ccc(C#Cc2ccc(N)cc2)cc1.C=CC(=O)OCCCCOc1ccc(C#Cc2ccc(NC(=O)c3ccc(OCCCCOC(=O)C=C)cc3)cc2)cc1.C=CC(=O)OCCCCOc1ccc(I)cc1.C=CC(=O)OCCCCOc1ccccc1.O=C=O.Oc1ccc(I)cc1.[Br-].[K+]. The van der Waals surface area contributed by atoms with Crippen LogP contribution in [0.5, 0.6) is 34.5 Å². The minimum absolute atomic E-state index is 0. The van der Waals surface area contributed by atoms with Crippen molar-refractivity contribution in [3.8, 4) is 70.5 Å². The van der Waals surface area contributed by atoms with Gasteiger partial charge in [0.15, 0.2) is 0 Å². The van der Waals surface area contributed by atoms with E-state index in [1.165, 1.54) is 15.7 Å². The predicted molar refractivity (Wildman–Crippen MR) is 544 cm³/mol. The van der Waals surface area contributed by atoms with E-state index in [9.17, 15) is 42.0 Å². The van der Waals surface area contributed by atoms with Gasteiger partial charge in [0.1, 0.15) is 34.5 Å². The molecule has 1 amide bonds. The number of para-hydroxylation sites is 1. The van der Waals surface area contributed by atoms with E-state index >= 15 is 0 Å². The number of carbonyl (C=O) groups is 7. The molecule has 27 nitrogen and oxygen atoms in total. The molecular formula is C106H117BrI2KN3O24S. The number of nitrogen functional groups attached to an aromatic ring is 2. The van der Waals surface area contributed by atoms with Crippen LogP contribution in [0.1, 0.15) is 123 Å². The van der Waals surface area contributed by atoms with Crippen LogP contribution < -0.4 is 109 Å².